The van der Waals surface area contributed by atoms with Crippen LogP contribution in [-0.2, 0) is 9.53 Å². The average Bonchev–Trinajstić information content (AvgIpc) is 3.36. The van der Waals surface area contributed by atoms with E-state index in [1.807, 2.05) is 23.6 Å². The van der Waals surface area contributed by atoms with Gasteiger partial charge in [0.1, 0.15) is 6.07 Å². The largest absolute Gasteiger partial charge is 0.459 e. The normalized spacial score (nSPS) is 23.6. The molecule has 0 N–H and O–H groups in total. The van der Waals surface area contributed by atoms with E-state index in [-0.39, 0.29) is 29.7 Å². The number of carbonyl (C=O) groups excluding carboxylic acids is 1. The van der Waals surface area contributed by atoms with Crippen molar-refractivity contribution in [3.8, 4) is 17.7 Å². The van der Waals surface area contributed by atoms with Gasteiger partial charge in [0, 0.05) is 32.1 Å². The van der Waals surface area contributed by atoms with E-state index >= 15 is 0 Å². The first kappa shape index (κ1) is 18.6. The van der Waals surface area contributed by atoms with E-state index in [4.69, 9.17) is 13.6 Å². The SMILES string of the molecule is CC1CN(C(=O)C2CCN(c3oc(-c4ccco4)nc3C#N)CC2)CC(C)O1. The van der Waals surface area contributed by atoms with Gasteiger partial charge in [-0.3, -0.25) is 4.79 Å². The van der Waals surface area contributed by atoms with Crippen LogP contribution in [0.1, 0.15) is 32.4 Å². The zero-order valence-electron chi connectivity index (χ0n) is 16.1. The van der Waals surface area contributed by atoms with Gasteiger partial charge in [-0.1, -0.05) is 0 Å². The van der Waals surface area contributed by atoms with Crippen molar-refractivity contribution in [1.29, 1.82) is 5.26 Å². The molecule has 2 saturated heterocycles. The fourth-order valence-electron chi connectivity index (χ4n) is 4.05. The fourth-order valence-corrected chi connectivity index (χ4v) is 4.05. The molecule has 2 aliphatic rings. The van der Waals surface area contributed by atoms with Crippen molar-refractivity contribution in [3.05, 3.63) is 24.1 Å². The molecule has 8 heteroatoms. The molecule has 2 unspecified atom stereocenters. The zero-order chi connectivity index (χ0) is 19.7. The third-order valence-corrected chi connectivity index (χ3v) is 5.31. The maximum atomic E-state index is 12.9. The second-order valence-corrected chi connectivity index (χ2v) is 7.52. The van der Waals surface area contributed by atoms with Crippen molar-refractivity contribution in [1.82, 2.24) is 9.88 Å². The number of furan rings is 1. The summed E-state index contributed by atoms with van der Waals surface area (Å²) in [5.74, 6) is 1.44. The molecule has 0 spiro atoms. The van der Waals surface area contributed by atoms with Crippen LogP contribution in [0.4, 0.5) is 5.88 Å². The van der Waals surface area contributed by atoms with Gasteiger partial charge in [-0.15, -0.1) is 0 Å². The van der Waals surface area contributed by atoms with Crippen LogP contribution in [0.2, 0.25) is 0 Å². The van der Waals surface area contributed by atoms with Crippen molar-refractivity contribution in [2.24, 2.45) is 5.92 Å². The maximum absolute atomic E-state index is 12.9. The van der Waals surface area contributed by atoms with Crippen LogP contribution >= 0.6 is 0 Å². The van der Waals surface area contributed by atoms with Crippen LogP contribution < -0.4 is 4.90 Å². The van der Waals surface area contributed by atoms with Gasteiger partial charge >= 0.3 is 0 Å². The first-order valence-corrected chi connectivity index (χ1v) is 9.69. The molecular weight excluding hydrogens is 360 g/mol. The topological polar surface area (TPSA) is 95.7 Å². The van der Waals surface area contributed by atoms with Gasteiger partial charge in [-0.2, -0.15) is 10.2 Å². The van der Waals surface area contributed by atoms with E-state index in [9.17, 15) is 10.1 Å². The Kier molecular flexibility index (Phi) is 5.09. The molecule has 2 atom stereocenters. The standard InChI is InChI=1S/C20H24N4O4/c1-13-11-24(12-14(2)27-13)19(25)15-5-7-23(8-6-15)20-16(10-21)22-18(28-20)17-4-3-9-26-17/h3-4,9,13-15H,5-8,11-12H2,1-2H3. The number of carbonyl (C=O) groups is 1. The second kappa shape index (κ2) is 7.68. The summed E-state index contributed by atoms with van der Waals surface area (Å²) in [7, 11) is 0. The quantitative estimate of drug-likeness (QED) is 0.803. The Labute approximate surface area is 163 Å². The van der Waals surface area contributed by atoms with Gasteiger partial charge in [-0.05, 0) is 38.8 Å². The molecule has 0 aliphatic carbocycles. The van der Waals surface area contributed by atoms with E-state index in [1.54, 1.807) is 12.1 Å². The van der Waals surface area contributed by atoms with Gasteiger partial charge in [0.2, 0.25) is 17.5 Å². The van der Waals surface area contributed by atoms with Gasteiger partial charge in [0.25, 0.3) is 5.89 Å². The molecule has 4 heterocycles. The minimum absolute atomic E-state index is 0.00764. The summed E-state index contributed by atoms with van der Waals surface area (Å²) in [5, 5.41) is 9.42. The van der Waals surface area contributed by atoms with E-state index in [1.165, 1.54) is 6.26 Å². The molecule has 4 rings (SSSR count). The Hall–Kier alpha value is -2.79. The molecule has 0 aromatic carbocycles. The lowest BCUT2D eigenvalue weighted by molar-refractivity contribution is -0.148. The average molecular weight is 384 g/mol. The van der Waals surface area contributed by atoms with Gasteiger partial charge in [0.15, 0.2) is 5.76 Å². The highest BCUT2D eigenvalue weighted by atomic mass is 16.5. The summed E-state index contributed by atoms with van der Waals surface area (Å²) < 4.78 is 16.9. The summed E-state index contributed by atoms with van der Waals surface area (Å²) in [6, 6.07) is 5.58. The number of aromatic nitrogens is 1. The van der Waals surface area contributed by atoms with Crippen LogP contribution in [-0.4, -0.2) is 54.2 Å². The summed E-state index contributed by atoms with van der Waals surface area (Å²) in [4.78, 5) is 21.1. The number of piperidine rings is 1. The van der Waals surface area contributed by atoms with Crippen molar-refractivity contribution in [2.75, 3.05) is 31.1 Å². The smallest absolute Gasteiger partial charge is 0.266 e. The fraction of sp³-hybridized carbons (Fsp3) is 0.550. The number of nitrogens with zero attached hydrogens (tertiary/aromatic N) is 4. The van der Waals surface area contributed by atoms with Crippen LogP contribution in [0, 0.1) is 17.2 Å². The summed E-state index contributed by atoms with van der Waals surface area (Å²) in [6.45, 7) is 6.60. The first-order chi connectivity index (χ1) is 13.5. The number of amides is 1. The van der Waals surface area contributed by atoms with Gasteiger partial charge in [0.05, 0.1) is 18.5 Å². The van der Waals surface area contributed by atoms with Crippen molar-refractivity contribution >= 4 is 11.8 Å². The van der Waals surface area contributed by atoms with Gasteiger partial charge in [-0.25, -0.2) is 0 Å². The lowest BCUT2D eigenvalue weighted by Gasteiger charge is -2.39. The highest BCUT2D eigenvalue weighted by Crippen LogP contribution is 2.32. The maximum Gasteiger partial charge on any atom is 0.266 e. The number of ether oxygens (including phenoxy) is 1. The molecule has 2 aromatic heterocycles. The molecule has 1 amide bonds. The Bertz CT molecular complexity index is 851. The molecule has 0 bridgehead atoms. The van der Waals surface area contributed by atoms with E-state index in [2.05, 4.69) is 11.1 Å². The molecule has 28 heavy (non-hydrogen) atoms. The van der Waals surface area contributed by atoms with Crippen LogP contribution in [0.5, 0.6) is 0 Å². The van der Waals surface area contributed by atoms with Crippen LogP contribution in [0.15, 0.2) is 27.2 Å². The molecule has 8 nitrogen and oxygen atoms in total. The zero-order valence-corrected chi connectivity index (χ0v) is 16.1. The second-order valence-electron chi connectivity index (χ2n) is 7.52. The van der Waals surface area contributed by atoms with Gasteiger partial charge < -0.3 is 23.4 Å². The summed E-state index contributed by atoms with van der Waals surface area (Å²) in [5.41, 5.74) is 0.243. The number of nitriles is 1. The molecule has 2 aliphatic heterocycles. The van der Waals surface area contributed by atoms with Crippen molar-refractivity contribution < 1.29 is 18.4 Å². The Morgan fingerprint density at radius 1 is 1.25 bits per heavy atom. The minimum Gasteiger partial charge on any atom is -0.459 e. The minimum atomic E-state index is -0.00764. The Morgan fingerprint density at radius 2 is 1.96 bits per heavy atom. The molecule has 0 saturated carbocycles. The van der Waals surface area contributed by atoms with Crippen molar-refractivity contribution in [3.63, 3.8) is 0 Å². The molecular formula is C20H24N4O4. The lowest BCUT2D eigenvalue weighted by atomic mass is 9.94. The van der Waals surface area contributed by atoms with E-state index in [0.717, 1.165) is 12.8 Å². The van der Waals surface area contributed by atoms with E-state index < -0.39 is 0 Å². The third kappa shape index (κ3) is 3.62. The number of rotatable bonds is 3. The summed E-state index contributed by atoms with van der Waals surface area (Å²) >= 11 is 0. The summed E-state index contributed by atoms with van der Waals surface area (Å²) in [6.07, 6.45) is 3.12. The number of hydrogen-bond acceptors (Lipinski definition) is 7. The van der Waals surface area contributed by atoms with E-state index in [0.29, 0.717) is 43.7 Å². The predicted octanol–water partition coefficient (Wildman–Crippen LogP) is 2.66. The number of hydrogen-bond donors (Lipinski definition) is 0. The Balaban J connectivity index is 1.42. The van der Waals surface area contributed by atoms with Crippen LogP contribution in [0.3, 0.4) is 0 Å². The molecule has 2 fully saturated rings. The van der Waals surface area contributed by atoms with Crippen LogP contribution in [0.25, 0.3) is 11.7 Å². The predicted molar refractivity (Wildman–Crippen MR) is 100 cm³/mol. The number of morpholine rings is 1. The molecule has 148 valence electrons. The lowest BCUT2D eigenvalue weighted by Crippen LogP contribution is -2.51. The third-order valence-electron chi connectivity index (χ3n) is 5.31. The number of oxazole rings is 1. The van der Waals surface area contributed by atoms with Crippen molar-refractivity contribution in [2.45, 2.75) is 38.9 Å². The Morgan fingerprint density at radius 3 is 2.57 bits per heavy atom. The molecule has 2 aromatic rings. The number of anilines is 1. The highest BCUT2D eigenvalue weighted by molar-refractivity contribution is 5.79. The highest BCUT2D eigenvalue weighted by Gasteiger charge is 2.34. The molecule has 0 radical (unpaired) electrons. The first-order valence-electron chi connectivity index (χ1n) is 9.69. The monoisotopic (exact) mass is 384 g/mol.